The number of unbranched alkanes of at least 4 members (excludes halogenated alkanes) is 2. The van der Waals surface area contributed by atoms with Gasteiger partial charge in [0.25, 0.3) is 0 Å². The fourth-order valence-electron chi connectivity index (χ4n) is 2.63. The summed E-state index contributed by atoms with van der Waals surface area (Å²) in [5, 5.41) is 0. The van der Waals surface area contributed by atoms with E-state index in [0.717, 1.165) is 24.2 Å². The second kappa shape index (κ2) is 7.11. The Morgan fingerprint density at radius 3 is 2.70 bits per heavy atom. The van der Waals surface area contributed by atoms with Crippen LogP contribution in [0.1, 0.15) is 43.3 Å². The van der Waals surface area contributed by atoms with E-state index in [4.69, 9.17) is 4.98 Å². The Morgan fingerprint density at radius 1 is 1.20 bits per heavy atom. The van der Waals surface area contributed by atoms with Gasteiger partial charge in [0, 0.05) is 18.7 Å². The molecule has 110 valence electrons. The second-order valence-corrected chi connectivity index (χ2v) is 6.27. The van der Waals surface area contributed by atoms with Crippen molar-refractivity contribution < 1.29 is 0 Å². The second-order valence-electron chi connectivity index (χ2n) is 5.29. The zero-order valence-corrected chi connectivity index (χ0v) is 13.9. The zero-order chi connectivity index (χ0) is 14.5. The predicted octanol–water partition coefficient (Wildman–Crippen LogP) is 4.14. The lowest BCUT2D eigenvalue weighted by Crippen LogP contribution is -2.05. The topological polar surface area (TPSA) is 30.7 Å². The quantitative estimate of drug-likeness (QED) is 0.718. The Morgan fingerprint density at radius 2 is 2.00 bits per heavy atom. The highest BCUT2D eigenvalue weighted by atomic mass is 32.2. The largest absolute Gasteiger partial charge is 0.328 e. The molecule has 2 rings (SSSR count). The van der Waals surface area contributed by atoms with Crippen LogP contribution in [0.25, 0.3) is 11.0 Å². The minimum atomic E-state index is 0.984. The highest BCUT2D eigenvalue weighted by Crippen LogP contribution is 2.22. The number of pyridine rings is 1. The number of imidazole rings is 1. The summed E-state index contributed by atoms with van der Waals surface area (Å²) >= 11 is 1.94. The van der Waals surface area contributed by atoms with E-state index < -0.39 is 0 Å². The molecule has 20 heavy (non-hydrogen) atoms. The fraction of sp³-hybridized carbons (Fsp3) is 0.625. The van der Waals surface area contributed by atoms with Crippen molar-refractivity contribution in [3.05, 3.63) is 23.3 Å². The van der Waals surface area contributed by atoms with Crippen LogP contribution in [0.2, 0.25) is 0 Å². The Hall–Kier alpha value is -1.03. The van der Waals surface area contributed by atoms with E-state index in [1.165, 1.54) is 41.9 Å². The van der Waals surface area contributed by atoms with E-state index in [1.54, 1.807) is 0 Å². The van der Waals surface area contributed by atoms with Crippen LogP contribution in [0.15, 0.2) is 6.20 Å². The normalized spacial score (nSPS) is 11.4. The van der Waals surface area contributed by atoms with E-state index in [9.17, 15) is 0 Å². The number of rotatable bonds is 7. The molecule has 4 heteroatoms. The lowest BCUT2D eigenvalue weighted by Gasteiger charge is -2.10. The molecule has 0 fully saturated rings. The van der Waals surface area contributed by atoms with Crippen LogP contribution in [0.5, 0.6) is 0 Å². The van der Waals surface area contributed by atoms with Crippen LogP contribution in [0, 0.1) is 13.8 Å². The molecule has 2 aromatic rings. The predicted molar refractivity (Wildman–Crippen MR) is 88.6 cm³/mol. The number of fused-ring (bicyclic) bond motifs is 1. The van der Waals surface area contributed by atoms with Gasteiger partial charge in [-0.05, 0) is 44.3 Å². The molecule has 0 amide bonds. The van der Waals surface area contributed by atoms with Gasteiger partial charge in [-0.2, -0.15) is 11.8 Å². The maximum Gasteiger partial charge on any atom is 0.109 e. The van der Waals surface area contributed by atoms with Gasteiger partial charge in [0.2, 0.25) is 0 Å². The highest BCUT2D eigenvalue weighted by Gasteiger charge is 2.13. The summed E-state index contributed by atoms with van der Waals surface area (Å²) < 4.78 is 2.42. The summed E-state index contributed by atoms with van der Waals surface area (Å²) in [6.45, 7) is 7.51. The molecule has 0 spiro atoms. The standard InChI is InChI=1S/C16H25N3S/c1-5-15-18-14-11-17-13(3)12(2)16(14)19(15)9-7-6-8-10-20-4/h11H,5-10H2,1-4H3. The smallest absolute Gasteiger partial charge is 0.109 e. The van der Waals surface area contributed by atoms with Crippen molar-refractivity contribution in [2.24, 2.45) is 0 Å². The van der Waals surface area contributed by atoms with Crippen LogP contribution >= 0.6 is 11.8 Å². The molecule has 0 aliphatic heterocycles. The van der Waals surface area contributed by atoms with Crippen molar-refractivity contribution in [3.63, 3.8) is 0 Å². The van der Waals surface area contributed by atoms with Crippen molar-refractivity contribution in [3.8, 4) is 0 Å². The van der Waals surface area contributed by atoms with Crippen LogP contribution in [-0.4, -0.2) is 26.5 Å². The molecule has 0 unspecified atom stereocenters. The van der Waals surface area contributed by atoms with Gasteiger partial charge in [-0.25, -0.2) is 4.98 Å². The zero-order valence-electron chi connectivity index (χ0n) is 13.1. The van der Waals surface area contributed by atoms with Gasteiger partial charge in [-0.1, -0.05) is 13.3 Å². The highest BCUT2D eigenvalue weighted by molar-refractivity contribution is 7.98. The number of hydrogen-bond donors (Lipinski definition) is 0. The van der Waals surface area contributed by atoms with Crippen molar-refractivity contribution in [2.45, 2.75) is 53.0 Å². The van der Waals surface area contributed by atoms with E-state index >= 15 is 0 Å². The van der Waals surface area contributed by atoms with Gasteiger partial charge < -0.3 is 4.57 Å². The fourth-order valence-corrected chi connectivity index (χ4v) is 3.13. The van der Waals surface area contributed by atoms with Gasteiger partial charge in [-0.3, -0.25) is 4.98 Å². The molecule has 0 saturated carbocycles. The summed E-state index contributed by atoms with van der Waals surface area (Å²) in [4.78, 5) is 9.18. The van der Waals surface area contributed by atoms with E-state index in [2.05, 4.69) is 36.6 Å². The molecule has 0 saturated heterocycles. The van der Waals surface area contributed by atoms with E-state index in [1.807, 2.05) is 18.0 Å². The average molecular weight is 291 g/mol. The third kappa shape index (κ3) is 3.17. The number of aryl methyl sites for hydroxylation is 4. The van der Waals surface area contributed by atoms with Crippen LogP contribution in [0.4, 0.5) is 0 Å². The summed E-state index contributed by atoms with van der Waals surface area (Å²) in [6.07, 6.45) is 8.93. The summed E-state index contributed by atoms with van der Waals surface area (Å²) in [7, 11) is 0. The monoisotopic (exact) mass is 291 g/mol. The number of nitrogens with zero attached hydrogens (tertiary/aromatic N) is 3. The third-order valence-corrected chi connectivity index (χ3v) is 4.60. The lowest BCUT2D eigenvalue weighted by atomic mass is 10.2. The Labute approximate surface area is 126 Å². The number of aromatic nitrogens is 3. The first-order valence-corrected chi connectivity index (χ1v) is 8.88. The number of thioether (sulfide) groups is 1. The summed E-state index contributed by atoms with van der Waals surface area (Å²) in [6, 6.07) is 0. The molecule has 0 N–H and O–H groups in total. The summed E-state index contributed by atoms with van der Waals surface area (Å²) in [5.74, 6) is 2.47. The maximum absolute atomic E-state index is 4.74. The first-order chi connectivity index (χ1) is 9.69. The lowest BCUT2D eigenvalue weighted by molar-refractivity contribution is 0.595. The Bertz CT molecular complexity index is 575. The van der Waals surface area contributed by atoms with Crippen molar-refractivity contribution >= 4 is 22.8 Å². The first kappa shape index (κ1) is 15.4. The van der Waals surface area contributed by atoms with E-state index in [0.29, 0.717) is 0 Å². The summed E-state index contributed by atoms with van der Waals surface area (Å²) in [5.41, 5.74) is 4.73. The Balaban J connectivity index is 2.23. The maximum atomic E-state index is 4.74. The molecule has 0 atom stereocenters. The molecule has 0 aliphatic carbocycles. The van der Waals surface area contributed by atoms with Crippen LogP contribution in [0.3, 0.4) is 0 Å². The molecule has 3 nitrogen and oxygen atoms in total. The third-order valence-electron chi connectivity index (χ3n) is 3.90. The molecule has 0 radical (unpaired) electrons. The Kier molecular flexibility index (Phi) is 5.46. The van der Waals surface area contributed by atoms with Crippen LogP contribution < -0.4 is 0 Å². The molecule has 0 aliphatic rings. The van der Waals surface area contributed by atoms with Gasteiger partial charge in [-0.15, -0.1) is 0 Å². The number of hydrogen-bond acceptors (Lipinski definition) is 3. The van der Waals surface area contributed by atoms with Gasteiger partial charge in [0.05, 0.1) is 11.7 Å². The van der Waals surface area contributed by atoms with Crippen molar-refractivity contribution in [2.75, 3.05) is 12.0 Å². The van der Waals surface area contributed by atoms with Gasteiger partial charge in [0.1, 0.15) is 11.3 Å². The average Bonchev–Trinajstić information content (AvgIpc) is 2.81. The SMILES string of the molecule is CCc1nc2cnc(C)c(C)c2n1CCCCCSC. The van der Waals surface area contributed by atoms with Crippen molar-refractivity contribution in [1.82, 2.24) is 14.5 Å². The van der Waals surface area contributed by atoms with Gasteiger partial charge in [0.15, 0.2) is 0 Å². The molecular formula is C16H25N3S. The first-order valence-electron chi connectivity index (χ1n) is 7.49. The molecule has 0 aromatic carbocycles. The van der Waals surface area contributed by atoms with Crippen molar-refractivity contribution in [1.29, 1.82) is 0 Å². The molecule has 0 bridgehead atoms. The van der Waals surface area contributed by atoms with E-state index in [-0.39, 0.29) is 0 Å². The van der Waals surface area contributed by atoms with Crippen LogP contribution in [-0.2, 0) is 13.0 Å². The molecule has 2 heterocycles. The molecular weight excluding hydrogens is 266 g/mol. The van der Waals surface area contributed by atoms with Gasteiger partial charge >= 0.3 is 0 Å². The minimum Gasteiger partial charge on any atom is -0.328 e. The minimum absolute atomic E-state index is 0.984. The molecule has 2 aromatic heterocycles.